The molecule has 12 nitrogen and oxygen atoms in total. The van der Waals surface area contributed by atoms with Crippen molar-refractivity contribution in [2.45, 2.75) is 58.0 Å². The van der Waals surface area contributed by atoms with Crippen LogP contribution in [0.1, 0.15) is 89.1 Å². The van der Waals surface area contributed by atoms with Crippen LogP contribution < -0.4 is 16.0 Å². The molecule has 1 saturated heterocycles. The minimum atomic E-state index is -0.667. The van der Waals surface area contributed by atoms with Crippen LogP contribution in [0.2, 0.25) is 0 Å². The molecule has 2 aromatic heterocycles. The molecule has 0 unspecified atom stereocenters. The number of nitrogens with zero attached hydrogens (tertiary/aromatic N) is 4. The Bertz CT molecular complexity index is 1470. The van der Waals surface area contributed by atoms with Crippen LogP contribution in [0.3, 0.4) is 0 Å². The van der Waals surface area contributed by atoms with E-state index in [0.29, 0.717) is 24.3 Å². The molecule has 4 heterocycles. The number of carbonyl (C=O) groups is 4. The number of oxazole rings is 1. The fourth-order valence-corrected chi connectivity index (χ4v) is 6.60. The first-order valence-electron chi connectivity index (χ1n) is 15.6. The Labute approximate surface area is 267 Å². The maximum Gasteiger partial charge on any atom is 0.273 e. The van der Waals surface area contributed by atoms with Gasteiger partial charge in [0.25, 0.3) is 11.8 Å². The molecule has 0 aliphatic carbocycles. The molecule has 2 aliphatic heterocycles. The summed E-state index contributed by atoms with van der Waals surface area (Å²) in [6, 6.07) is 8.46. The Balaban J connectivity index is 1.38. The number of carbonyl (C=O) groups excluding carboxylic acids is 4. The first-order valence-corrected chi connectivity index (χ1v) is 16.5. The van der Waals surface area contributed by atoms with E-state index in [-0.39, 0.29) is 54.6 Å². The van der Waals surface area contributed by atoms with Gasteiger partial charge in [-0.15, -0.1) is 11.3 Å². The molecule has 45 heavy (non-hydrogen) atoms. The third kappa shape index (κ3) is 8.76. The molecule has 5 rings (SSSR count). The molecule has 0 radical (unpaired) electrons. The predicted molar refractivity (Wildman–Crippen MR) is 169 cm³/mol. The van der Waals surface area contributed by atoms with Crippen molar-refractivity contribution in [2.75, 3.05) is 39.3 Å². The van der Waals surface area contributed by atoms with Gasteiger partial charge in [-0.3, -0.25) is 19.2 Å². The van der Waals surface area contributed by atoms with Crippen molar-refractivity contribution in [3.63, 3.8) is 0 Å². The summed E-state index contributed by atoms with van der Waals surface area (Å²) in [5.74, 6) is -1.22. The van der Waals surface area contributed by atoms with Gasteiger partial charge in [0.15, 0.2) is 5.69 Å². The summed E-state index contributed by atoms with van der Waals surface area (Å²) < 4.78 is 5.70. The van der Waals surface area contributed by atoms with Crippen LogP contribution in [0.4, 0.5) is 0 Å². The molecule has 2 aliphatic rings. The van der Waals surface area contributed by atoms with Gasteiger partial charge >= 0.3 is 0 Å². The molecule has 13 heteroatoms. The van der Waals surface area contributed by atoms with E-state index in [2.05, 4.69) is 30.8 Å². The monoisotopic (exact) mass is 635 g/mol. The Hall–Kier alpha value is -4.10. The van der Waals surface area contributed by atoms with Gasteiger partial charge in [-0.1, -0.05) is 44.2 Å². The summed E-state index contributed by atoms with van der Waals surface area (Å²) in [5, 5.41) is 11.0. The number of aromatic nitrogens is 2. The van der Waals surface area contributed by atoms with E-state index in [1.165, 1.54) is 35.3 Å². The Morgan fingerprint density at radius 1 is 1.02 bits per heavy atom. The number of fused-ring (bicyclic) bond motifs is 4. The maximum atomic E-state index is 13.4. The SMILES string of the molecule is CC(C)[C@@H]1NC(=O)CN(C(=O)CCCN2CCCC2)CCNC(=O)c2coc(n2)[C@H](Cc2ccccc2)NC(=O)c2csc1n2. The van der Waals surface area contributed by atoms with E-state index in [4.69, 9.17) is 4.42 Å². The molecular weight excluding hydrogens is 594 g/mol. The van der Waals surface area contributed by atoms with Gasteiger partial charge < -0.3 is 30.2 Å². The van der Waals surface area contributed by atoms with Crippen LogP contribution in [0, 0.1) is 5.92 Å². The third-order valence-corrected chi connectivity index (χ3v) is 8.99. The van der Waals surface area contributed by atoms with Crippen molar-refractivity contribution in [1.82, 2.24) is 35.7 Å². The van der Waals surface area contributed by atoms with Crippen LogP contribution in [0.15, 0.2) is 46.4 Å². The van der Waals surface area contributed by atoms with Crippen LogP contribution in [-0.4, -0.2) is 82.7 Å². The molecule has 240 valence electrons. The summed E-state index contributed by atoms with van der Waals surface area (Å²) in [6.07, 6.45) is 5.02. The standard InChI is InChI=1S/C32H41N7O5S/c1-21(2)28-32-36-25(20-45-32)30(43)34-23(17-22-9-4-3-5-10-22)31-35-24(19-44-31)29(42)33-12-16-39(18-26(40)37-28)27(41)11-8-15-38-13-6-7-14-38/h3-5,9-10,19-21,23,28H,6-8,11-18H2,1-2H3,(H,33,42)(H,34,43)(H,37,40)/t23-,28-/m0/s1. The highest BCUT2D eigenvalue weighted by Crippen LogP contribution is 2.26. The second kappa shape index (κ2) is 15.3. The van der Waals surface area contributed by atoms with Crippen molar-refractivity contribution < 1.29 is 23.6 Å². The molecule has 4 bridgehead atoms. The van der Waals surface area contributed by atoms with Gasteiger partial charge in [0.2, 0.25) is 17.7 Å². The molecule has 0 saturated carbocycles. The number of hydrogen-bond donors (Lipinski definition) is 3. The minimum absolute atomic E-state index is 0.0259. The second-order valence-corrected chi connectivity index (χ2v) is 12.8. The summed E-state index contributed by atoms with van der Waals surface area (Å²) in [7, 11) is 0. The van der Waals surface area contributed by atoms with E-state index in [1.54, 1.807) is 5.38 Å². The maximum absolute atomic E-state index is 13.4. The lowest BCUT2D eigenvalue weighted by Gasteiger charge is -2.26. The van der Waals surface area contributed by atoms with Gasteiger partial charge in [0.1, 0.15) is 23.0 Å². The van der Waals surface area contributed by atoms with Gasteiger partial charge in [-0.05, 0) is 50.4 Å². The van der Waals surface area contributed by atoms with E-state index in [9.17, 15) is 19.2 Å². The minimum Gasteiger partial charge on any atom is -0.446 e. The molecule has 0 spiro atoms. The highest BCUT2D eigenvalue weighted by molar-refractivity contribution is 7.09. The summed E-state index contributed by atoms with van der Waals surface area (Å²) in [5.41, 5.74) is 1.20. The lowest BCUT2D eigenvalue weighted by atomic mass is 10.0. The summed E-state index contributed by atoms with van der Waals surface area (Å²) in [6.45, 7) is 7.01. The number of amides is 4. The normalized spacial score (nSPS) is 20.3. The first kappa shape index (κ1) is 32.3. The van der Waals surface area contributed by atoms with E-state index < -0.39 is 23.9 Å². The number of rotatable bonds is 7. The van der Waals surface area contributed by atoms with Crippen LogP contribution in [0.25, 0.3) is 0 Å². The third-order valence-electron chi connectivity index (χ3n) is 8.06. The van der Waals surface area contributed by atoms with Gasteiger partial charge in [-0.2, -0.15) is 0 Å². The highest BCUT2D eigenvalue weighted by atomic mass is 32.1. The molecule has 1 aromatic carbocycles. The van der Waals surface area contributed by atoms with E-state index in [0.717, 1.165) is 25.2 Å². The van der Waals surface area contributed by atoms with Gasteiger partial charge in [0, 0.05) is 31.3 Å². The van der Waals surface area contributed by atoms with Crippen molar-refractivity contribution in [1.29, 1.82) is 0 Å². The lowest BCUT2D eigenvalue weighted by Crippen LogP contribution is -2.45. The van der Waals surface area contributed by atoms with Crippen molar-refractivity contribution in [3.05, 3.63) is 69.8 Å². The zero-order valence-corrected chi connectivity index (χ0v) is 26.6. The van der Waals surface area contributed by atoms with E-state index in [1.807, 2.05) is 44.2 Å². The molecule has 3 aromatic rings. The average Bonchev–Trinajstić information content (AvgIpc) is 3.81. The molecule has 4 amide bonds. The highest BCUT2D eigenvalue weighted by Gasteiger charge is 2.28. The number of benzene rings is 1. The van der Waals surface area contributed by atoms with Gasteiger partial charge in [-0.25, -0.2) is 9.97 Å². The van der Waals surface area contributed by atoms with Crippen molar-refractivity contribution in [3.8, 4) is 0 Å². The summed E-state index contributed by atoms with van der Waals surface area (Å²) >= 11 is 1.29. The van der Waals surface area contributed by atoms with Crippen LogP contribution in [0.5, 0.6) is 0 Å². The topological polar surface area (TPSA) is 150 Å². The number of nitrogens with one attached hydrogen (secondary N) is 3. The summed E-state index contributed by atoms with van der Waals surface area (Å²) in [4.78, 5) is 65.8. The Kier molecular flexibility index (Phi) is 11.0. The fraction of sp³-hybridized carbons (Fsp3) is 0.500. The molecule has 1 fully saturated rings. The molecule has 3 N–H and O–H groups in total. The van der Waals surface area contributed by atoms with Crippen molar-refractivity contribution >= 4 is 35.0 Å². The fourth-order valence-electron chi connectivity index (χ4n) is 5.58. The van der Waals surface area contributed by atoms with Crippen molar-refractivity contribution in [2.24, 2.45) is 5.92 Å². The smallest absolute Gasteiger partial charge is 0.273 e. The number of hydrogen-bond acceptors (Lipinski definition) is 9. The number of thiazole rings is 1. The van der Waals surface area contributed by atoms with Crippen LogP contribution in [-0.2, 0) is 16.0 Å². The Morgan fingerprint density at radius 2 is 1.80 bits per heavy atom. The number of likely N-dealkylation sites (tertiary alicyclic amines) is 1. The van der Waals surface area contributed by atoms with E-state index >= 15 is 0 Å². The average molecular weight is 636 g/mol. The molecule has 2 atom stereocenters. The largest absolute Gasteiger partial charge is 0.446 e. The zero-order chi connectivity index (χ0) is 31.8. The Morgan fingerprint density at radius 3 is 2.56 bits per heavy atom. The second-order valence-electron chi connectivity index (χ2n) is 11.9. The van der Waals surface area contributed by atoms with Crippen LogP contribution >= 0.6 is 11.3 Å². The zero-order valence-electron chi connectivity index (χ0n) is 25.8. The molecular formula is C32H41N7O5S. The first-order chi connectivity index (χ1) is 21.8. The lowest BCUT2D eigenvalue weighted by molar-refractivity contribution is -0.136. The van der Waals surface area contributed by atoms with Gasteiger partial charge in [0.05, 0.1) is 12.6 Å². The quantitative estimate of drug-likeness (QED) is 0.359. The predicted octanol–water partition coefficient (Wildman–Crippen LogP) is 3.11.